The number of carbonyl (C=O) groups is 5. The van der Waals surface area contributed by atoms with Crippen molar-refractivity contribution in [3.05, 3.63) is 12.2 Å². The van der Waals surface area contributed by atoms with E-state index in [0.717, 1.165) is 29.9 Å². The number of unbranched alkanes of at least 4 members (excludes halogenated alkanes) is 1. The molecule has 200 valence electrons. The molecule has 3 aliphatic heterocycles. The number of nitrogens with one attached hydrogen (secondary N) is 4. The largest absolute Gasteiger partial charge is 0.377 e. The van der Waals surface area contributed by atoms with Crippen LogP contribution in [-0.4, -0.2) is 104 Å². The van der Waals surface area contributed by atoms with Gasteiger partial charge in [-0.25, -0.2) is 4.79 Å². The zero-order valence-electron chi connectivity index (χ0n) is 20.3. The molecule has 0 aromatic heterocycles. The predicted molar refractivity (Wildman–Crippen MR) is 132 cm³/mol. The van der Waals surface area contributed by atoms with Crippen LogP contribution in [0.25, 0.3) is 0 Å². The lowest BCUT2D eigenvalue weighted by molar-refractivity contribution is -0.137. The molecule has 0 bridgehead atoms. The van der Waals surface area contributed by atoms with Crippen LogP contribution in [0, 0.1) is 0 Å². The molecule has 13 heteroatoms. The SMILES string of the molecule is O=C(CCCC[C@H]1SCC2NC(=O)NC21)NCCOCCOCCNC(=O)CCN1C(=O)C=CC1=O. The Morgan fingerprint density at radius 2 is 1.56 bits per heavy atom. The van der Waals surface area contributed by atoms with Crippen LogP contribution < -0.4 is 21.3 Å². The van der Waals surface area contributed by atoms with E-state index in [9.17, 15) is 24.0 Å². The molecular weight excluding hydrogens is 490 g/mol. The molecule has 0 aromatic carbocycles. The van der Waals surface area contributed by atoms with Crippen LogP contribution in [0.15, 0.2) is 12.2 Å². The van der Waals surface area contributed by atoms with E-state index in [4.69, 9.17) is 9.47 Å². The highest BCUT2D eigenvalue weighted by atomic mass is 32.2. The van der Waals surface area contributed by atoms with Crippen molar-refractivity contribution in [3.63, 3.8) is 0 Å². The molecule has 0 spiro atoms. The van der Waals surface area contributed by atoms with Gasteiger partial charge in [0.1, 0.15) is 0 Å². The van der Waals surface area contributed by atoms with E-state index in [1.165, 1.54) is 12.2 Å². The predicted octanol–water partition coefficient (Wildman–Crippen LogP) is -0.707. The minimum atomic E-state index is -0.400. The van der Waals surface area contributed by atoms with E-state index in [2.05, 4.69) is 21.3 Å². The van der Waals surface area contributed by atoms with Gasteiger partial charge in [-0.2, -0.15) is 11.8 Å². The molecule has 0 radical (unpaired) electrons. The van der Waals surface area contributed by atoms with E-state index in [-0.39, 0.29) is 42.9 Å². The Kier molecular flexibility index (Phi) is 11.5. The van der Waals surface area contributed by atoms with E-state index >= 15 is 0 Å². The smallest absolute Gasteiger partial charge is 0.315 e. The number of ether oxygens (including phenoxy) is 2. The number of nitrogens with zero attached hydrogens (tertiary/aromatic N) is 1. The minimum Gasteiger partial charge on any atom is -0.377 e. The number of carbonyl (C=O) groups excluding carboxylic acids is 5. The number of urea groups is 1. The Morgan fingerprint density at radius 1 is 0.917 bits per heavy atom. The second kappa shape index (κ2) is 14.8. The summed E-state index contributed by atoms with van der Waals surface area (Å²) in [5.74, 6) is -0.107. The first kappa shape index (κ1) is 27.9. The van der Waals surface area contributed by atoms with Crippen LogP contribution in [0.2, 0.25) is 0 Å². The lowest BCUT2D eigenvalue weighted by atomic mass is 10.0. The first-order valence-corrected chi connectivity index (χ1v) is 13.4. The molecule has 0 aliphatic carbocycles. The van der Waals surface area contributed by atoms with Gasteiger partial charge in [-0.3, -0.25) is 24.1 Å². The summed E-state index contributed by atoms with van der Waals surface area (Å²) in [7, 11) is 0. The molecule has 3 heterocycles. The van der Waals surface area contributed by atoms with Crippen molar-refractivity contribution in [1.29, 1.82) is 0 Å². The maximum absolute atomic E-state index is 11.9. The lowest BCUT2D eigenvalue weighted by Crippen LogP contribution is -2.36. The molecule has 2 saturated heterocycles. The Balaban J connectivity index is 1.06. The second-order valence-electron chi connectivity index (χ2n) is 8.70. The third-order valence-corrected chi connectivity index (χ3v) is 7.56. The van der Waals surface area contributed by atoms with Gasteiger partial charge in [0.25, 0.3) is 11.8 Å². The number of hydrogen-bond donors (Lipinski definition) is 4. The third-order valence-electron chi connectivity index (χ3n) is 6.05. The molecule has 3 atom stereocenters. The highest BCUT2D eigenvalue weighted by Gasteiger charge is 2.42. The molecule has 6 amide bonds. The van der Waals surface area contributed by atoms with Gasteiger partial charge >= 0.3 is 6.03 Å². The molecule has 2 fully saturated rings. The van der Waals surface area contributed by atoms with E-state index in [1.807, 2.05) is 11.8 Å². The van der Waals surface area contributed by atoms with Crippen molar-refractivity contribution in [2.45, 2.75) is 49.4 Å². The fourth-order valence-electron chi connectivity index (χ4n) is 4.16. The fraction of sp³-hybridized carbons (Fsp3) is 0.696. The molecular formula is C23H35N5O7S. The summed E-state index contributed by atoms with van der Waals surface area (Å²) < 4.78 is 10.8. The molecule has 2 unspecified atom stereocenters. The van der Waals surface area contributed by atoms with Crippen molar-refractivity contribution in [3.8, 4) is 0 Å². The standard InChI is InChI=1S/C23H35N5O7S/c29-18(4-2-1-3-17-22-16(15-36-17)26-23(33)27-22)24-8-11-34-13-14-35-12-9-25-19(30)7-10-28-20(31)5-6-21(28)32/h5-6,16-17,22H,1-4,7-15H2,(H,24,29)(H,25,30)(H2,26,27,33)/t16?,17-,22?/m1/s1. The monoisotopic (exact) mass is 525 g/mol. The van der Waals surface area contributed by atoms with Crippen LogP contribution in [-0.2, 0) is 28.7 Å². The minimum absolute atomic E-state index is 0.00750. The Morgan fingerprint density at radius 3 is 2.22 bits per heavy atom. The number of amides is 6. The van der Waals surface area contributed by atoms with Gasteiger partial charge in [0.2, 0.25) is 11.8 Å². The lowest BCUT2D eigenvalue weighted by Gasteiger charge is -2.16. The van der Waals surface area contributed by atoms with Crippen molar-refractivity contribution in [1.82, 2.24) is 26.2 Å². The van der Waals surface area contributed by atoms with Crippen molar-refractivity contribution >= 4 is 41.4 Å². The summed E-state index contributed by atoms with van der Waals surface area (Å²) in [5.41, 5.74) is 0. The average Bonchev–Trinajstić information content (AvgIpc) is 3.50. The quantitative estimate of drug-likeness (QED) is 0.110. The van der Waals surface area contributed by atoms with Crippen LogP contribution in [0.4, 0.5) is 4.79 Å². The highest BCUT2D eigenvalue weighted by molar-refractivity contribution is 8.00. The molecule has 3 aliphatic rings. The molecule has 12 nitrogen and oxygen atoms in total. The van der Waals surface area contributed by atoms with Gasteiger partial charge < -0.3 is 30.7 Å². The molecule has 0 saturated carbocycles. The highest BCUT2D eigenvalue weighted by Crippen LogP contribution is 2.33. The zero-order valence-corrected chi connectivity index (χ0v) is 21.1. The zero-order chi connectivity index (χ0) is 25.8. The van der Waals surface area contributed by atoms with Crippen LogP contribution in [0.1, 0.15) is 32.1 Å². The number of thioether (sulfide) groups is 1. The Bertz CT molecular complexity index is 822. The van der Waals surface area contributed by atoms with E-state index in [1.54, 1.807) is 0 Å². The summed E-state index contributed by atoms with van der Waals surface area (Å²) in [6.45, 7) is 2.27. The summed E-state index contributed by atoms with van der Waals surface area (Å²) in [5, 5.41) is 11.8. The van der Waals surface area contributed by atoms with Gasteiger partial charge in [-0.15, -0.1) is 0 Å². The van der Waals surface area contributed by atoms with Crippen molar-refractivity contribution < 1.29 is 33.4 Å². The fourth-order valence-corrected chi connectivity index (χ4v) is 5.71. The topological polar surface area (TPSA) is 155 Å². The van der Waals surface area contributed by atoms with Crippen molar-refractivity contribution in [2.24, 2.45) is 0 Å². The second-order valence-corrected chi connectivity index (χ2v) is 9.98. The third kappa shape index (κ3) is 9.10. The van der Waals surface area contributed by atoms with Gasteiger partial charge in [0.15, 0.2) is 0 Å². The molecule has 0 aromatic rings. The number of fused-ring (bicyclic) bond motifs is 1. The maximum Gasteiger partial charge on any atom is 0.315 e. The van der Waals surface area contributed by atoms with Crippen LogP contribution in [0.5, 0.6) is 0 Å². The number of imide groups is 1. The first-order valence-electron chi connectivity index (χ1n) is 12.3. The summed E-state index contributed by atoms with van der Waals surface area (Å²) in [4.78, 5) is 58.9. The Labute approximate surface area is 214 Å². The summed E-state index contributed by atoms with van der Waals surface area (Å²) in [6.07, 6.45) is 5.67. The number of hydrogen-bond acceptors (Lipinski definition) is 8. The number of rotatable bonds is 17. The van der Waals surface area contributed by atoms with Crippen molar-refractivity contribution in [2.75, 3.05) is 51.8 Å². The molecule has 36 heavy (non-hydrogen) atoms. The summed E-state index contributed by atoms with van der Waals surface area (Å²) in [6, 6.07) is 0.368. The first-order chi connectivity index (χ1) is 17.4. The molecule has 3 rings (SSSR count). The van der Waals surface area contributed by atoms with Gasteiger partial charge in [-0.1, -0.05) is 6.42 Å². The molecule has 4 N–H and O–H groups in total. The van der Waals surface area contributed by atoms with Gasteiger partial charge in [0.05, 0.1) is 38.5 Å². The van der Waals surface area contributed by atoms with Gasteiger partial charge in [-0.05, 0) is 12.8 Å². The normalized spacial score (nSPS) is 22.5. The van der Waals surface area contributed by atoms with Gasteiger partial charge in [0, 0.05) is 55.6 Å². The van der Waals surface area contributed by atoms with E-state index in [0.29, 0.717) is 51.2 Å². The van der Waals surface area contributed by atoms with E-state index < -0.39 is 11.8 Å². The Hall–Kier alpha value is -2.64. The van der Waals surface area contributed by atoms with Crippen LogP contribution >= 0.6 is 11.8 Å². The summed E-state index contributed by atoms with van der Waals surface area (Å²) >= 11 is 1.88. The van der Waals surface area contributed by atoms with Crippen LogP contribution in [0.3, 0.4) is 0 Å². The average molecular weight is 526 g/mol. The maximum atomic E-state index is 11.9.